The average Bonchev–Trinajstić information content (AvgIpc) is 3.50. The van der Waals surface area contributed by atoms with E-state index in [-0.39, 0.29) is 11.8 Å². The van der Waals surface area contributed by atoms with Crippen LogP contribution in [0.15, 0.2) is 54.9 Å². The predicted octanol–water partition coefficient (Wildman–Crippen LogP) is 3.66. The maximum absolute atomic E-state index is 11.4. The summed E-state index contributed by atoms with van der Waals surface area (Å²) < 4.78 is 24.9. The smallest absolute Gasteiger partial charge is 0.164 e. The zero-order chi connectivity index (χ0) is 27.0. The lowest BCUT2D eigenvalue weighted by atomic mass is 9.91. The number of hydrogen-bond acceptors (Lipinski definition) is 8. The summed E-state index contributed by atoms with van der Waals surface area (Å²) in [7, 11) is -2.97. The third kappa shape index (κ3) is 5.50. The Morgan fingerprint density at radius 3 is 2.64 bits per heavy atom. The van der Waals surface area contributed by atoms with E-state index in [1.807, 2.05) is 35.0 Å². The van der Waals surface area contributed by atoms with Crippen LogP contribution < -0.4 is 11.1 Å². The highest BCUT2D eigenvalue weighted by molar-refractivity contribution is 7.90. The lowest BCUT2D eigenvalue weighted by Crippen LogP contribution is -2.36. The van der Waals surface area contributed by atoms with Gasteiger partial charge in [-0.15, -0.1) is 0 Å². The Morgan fingerprint density at radius 2 is 1.87 bits per heavy atom. The molecule has 3 aromatic heterocycles. The standard InChI is InChI=1S/C28H32N8O2S/c1-39(37,38)14-13-30-20-8-10-21(11-9-20)36-28-25(27(29)31-17-32-28)26(35-36)19-7-12-22-23(16-19)34-24(33-22)15-18-5-3-2-4-6-18/h2-7,12,16-17,20-21,30H,8-11,13-15H2,1H3,(H,33,34)(H2,29,31,32). The molecule has 0 radical (unpaired) electrons. The molecule has 6 rings (SSSR count). The molecule has 0 unspecified atom stereocenters. The van der Waals surface area contributed by atoms with Gasteiger partial charge in [0.2, 0.25) is 0 Å². The number of nitrogens with two attached hydrogens (primary N) is 1. The van der Waals surface area contributed by atoms with Crippen LogP contribution in [0, 0.1) is 0 Å². The fourth-order valence-electron chi connectivity index (χ4n) is 5.51. The van der Waals surface area contributed by atoms with Crippen LogP contribution in [0.25, 0.3) is 33.3 Å². The third-order valence-corrected chi connectivity index (χ3v) is 8.43. The van der Waals surface area contributed by atoms with Crippen LogP contribution in [-0.4, -0.2) is 62.7 Å². The molecule has 0 amide bonds. The van der Waals surface area contributed by atoms with E-state index < -0.39 is 9.84 Å². The lowest BCUT2D eigenvalue weighted by Gasteiger charge is -2.29. The highest BCUT2D eigenvalue weighted by atomic mass is 32.2. The van der Waals surface area contributed by atoms with Gasteiger partial charge in [0.25, 0.3) is 0 Å². The SMILES string of the molecule is CS(=O)(=O)CCNC1CCC(n2nc(-c3ccc4nc(Cc5ccccc5)[nH]c4c3)c3c(N)ncnc32)CC1. The van der Waals surface area contributed by atoms with Crippen molar-refractivity contribution in [3.63, 3.8) is 0 Å². The van der Waals surface area contributed by atoms with E-state index in [0.717, 1.165) is 71.3 Å². The average molecular weight is 545 g/mol. The molecule has 0 spiro atoms. The molecule has 1 saturated carbocycles. The fraction of sp³-hybridized carbons (Fsp3) is 0.357. The molecule has 3 heterocycles. The van der Waals surface area contributed by atoms with Gasteiger partial charge in [-0.3, -0.25) is 0 Å². The number of nitrogens with zero attached hydrogens (tertiary/aromatic N) is 5. The van der Waals surface area contributed by atoms with Crippen LogP contribution >= 0.6 is 0 Å². The van der Waals surface area contributed by atoms with Crippen molar-refractivity contribution >= 4 is 37.7 Å². The van der Waals surface area contributed by atoms with Gasteiger partial charge in [-0.25, -0.2) is 28.1 Å². The first kappa shape index (κ1) is 25.4. The number of rotatable bonds is 8. The summed E-state index contributed by atoms with van der Waals surface area (Å²) in [6.45, 7) is 0.482. The van der Waals surface area contributed by atoms with Gasteiger partial charge in [-0.1, -0.05) is 36.4 Å². The largest absolute Gasteiger partial charge is 0.383 e. The second-order valence-corrected chi connectivity index (χ2v) is 12.7. The van der Waals surface area contributed by atoms with E-state index in [4.69, 9.17) is 15.8 Å². The molecule has 39 heavy (non-hydrogen) atoms. The molecule has 0 saturated heterocycles. The number of aromatic nitrogens is 6. The van der Waals surface area contributed by atoms with Gasteiger partial charge in [-0.2, -0.15) is 5.10 Å². The van der Waals surface area contributed by atoms with Gasteiger partial charge in [0.1, 0.15) is 33.5 Å². The fourth-order valence-corrected chi connectivity index (χ4v) is 6.00. The molecule has 1 fully saturated rings. The molecule has 10 nitrogen and oxygen atoms in total. The number of H-pyrrole nitrogens is 1. The Hall–Kier alpha value is -3.83. The molecular formula is C28H32N8O2S. The van der Waals surface area contributed by atoms with E-state index >= 15 is 0 Å². The summed E-state index contributed by atoms with van der Waals surface area (Å²) in [6.07, 6.45) is 7.21. The third-order valence-electron chi connectivity index (χ3n) is 7.49. The monoisotopic (exact) mass is 544 g/mol. The van der Waals surface area contributed by atoms with Gasteiger partial charge < -0.3 is 16.0 Å². The van der Waals surface area contributed by atoms with Crippen molar-refractivity contribution in [1.82, 2.24) is 35.0 Å². The zero-order valence-corrected chi connectivity index (χ0v) is 22.7. The highest BCUT2D eigenvalue weighted by Gasteiger charge is 2.27. The number of imidazole rings is 1. The highest BCUT2D eigenvalue weighted by Crippen LogP contribution is 2.36. The predicted molar refractivity (Wildman–Crippen MR) is 153 cm³/mol. The summed E-state index contributed by atoms with van der Waals surface area (Å²) in [6, 6.07) is 16.9. The van der Waals surface area contributed by atoms with E-state index in [1.165, 1.54) is 18.1 Å². The molecule has 11 heteroatoms. The Kier molecular flexibility index (Phi) is 6.78. The van der Waals surface area contributed by atoms with Crippen molar-refractivity contribution in [1.29, 1.82) is 0 Å². The van der Waals surface area contributed by atoms with Crippen molar-refractivity contribution in [2.45, 2.75) is 44.2 Å². The van der Waals surface area contributed by atoms with Crippen molar-refractivity contribution in [2.75, 3.05) is 24.3 Å². The molecular weight excluding hydrogens is 512 g/mol. The van der Waals surface area contributed by atoms with Crippen LogP contribution in [0.2, 0.25) is 0 Å². The first-order valence-corrected chi connectivity index (χ1v) is 15.3. The maximum Gasteiger partial charge on any atom is 0.164 e. The van der Waals surface area contributed by atoms with Crippen LogP contribution in [-0.2, 0) is 16.3 Å². The van der Waals surface area contributed by atoms with Crippen molar-refractivity contribution < 1.29 is 8.42 Å². The van der Waals surface area contributed by atoms with E-state index in [9.17, 15) is 8.42 Å². The van der Waals surface area contributed by atoms with Crippen molar-refractivity contribution in [3.05, 3.63) is 66.2 Å². The Labute approximate surface area is 227 Å². The lowest BCUT2D eigenvalue weighted by molar-refractivity contribution is 0.283. The number of aromatic amines is 1. The number of hydrogen-bond donors (Lipinski definition) is 3. The molecule has 1 aliphatic carbocycles. The Bertz CT molecular complexity index is 1720. The molecule has 5 aromatic rings. The van der Waals surface area contributed by atoms with E-state index in [1.54, 1.807) is 0 Å². The van der Waals surface area contributed by atoms with Crippen LogP contribution in [0.3, 0.4) is 0 Å². The minimum atomic E-state index is -2.97. The Morgan fingerprint density at radius 1 is 1.08 bits per heavy atom. The number of anilines is 1. The number of sulfone groups is 1. The maximum atomic E-state index is 11.4. The van der Waals surface area contributed by atoms with Crippen LogP contribution in [0.1, 0.15) is 43.1 Å². The second kappa shape index (κ2) is 10.4. The number of nitrogens with one attached hydrogen (secondary N) is 2. The van der Waals surface area contributed by atoms with Gasteiger partial charge in [0.15, 0.2) is 5.65 Å². The number of benzene rings is 2. The molecule has 202 valence electrons. The van der Waals surface area contributed by atoms with Crippen molar-refractivity contribution in [3.8, 4) is 11.3 Å². The first-order chi connectivity index (χ1) is 18.8. The first-order valence-electron chi connectivity index (χ1n) is 13.3. The molecule has 0 bridgehead atoms. The van der Waals surface area contributed by atoms with E-state index in [2.05, 4.69) is 38.5 Å². The summed E-state index contributed by atoms with van der Waals surface area (Å²) in [4.78, 5) is 17.1. The molecule has 0 aliphatic heterocycles. The van der Waals surface area contributed by atoms with Crippen LogP contribution in [0.4, 0.5) is 5.82 Å². The topological polar surface area (TPSA) is 144 Å². The van der Waals surface area contributed by atoms with Crippen LogP contribution in [0.5, 0.6) is 0 Å². The molecule has 4 N–H and O–H groups in total. The summed E-state index contributed by atoms with van der Waals surface area (Å²) in [5, 5.41) is 9.20. The van der Waals surface area contributed by atoms with Gasteiger partial charge in [0.05, 0.1) is 28.2 Å². The molecule has 0 atom stereocenters. The Balaban J connectivity index is 1.26. The summed E-state index contributed by atoms with van der Waals surface area (Å²) in [5.74, 6) is 1.48. The number of nitrogen functional groups attached to an aromatic ring is 1. The number of fused-ring (bicyclic) bond motifs is 2. The second-order valence-electron chi connectivity index (χ2n) is 10.4. The molecule has 2 aromatic carbocycles. The van der Waals surface area contributed by atoms with Gasteiger partial charge in [0, 0.05) is 30.8 Å². The van der Waals surface area contributed by atoms with Gasteiger partial charge in [-0.05, 0) is 43.4 Å². The summed E-state index contributed by atoms with van der Waals surface area (Å²) >= 11 is 0. The minimum absolute atomic E-state index is 0.157. The summed E-state index contributed by atoms with van der Waals surface area (Å²) in [5.41, 5.74) is 11.8. The van der Waals surface area contributed by atoms with Gasteiger partial charge >= 0.3 is 0 Å². The van der Waals surface area contributed by atoms with Crippen molar-refractivity contribution in [2.24, 2.45) is 0 Å². The van der Waals surface area contributed by atoms with E-state index in [0.29, 0.717) is 18.4 Å². The normalized spacial score (nSPS) is 18.2. The minimum Gasteiger partial charge on any atom is -0.383 e. The zero-order valence-electron chi connectivity index (χ0n) is 21.8. The molecule has 1 aliphatic rings. The quantitative estimate of drug-likeness (QED) is 0.268.